The van der Waals surface area contributed by atoms with Crippen LogP contribution in [0.2, 0.25) is 0 Å². The van der Waals surface area contributed by atoms with E-state index in [1.54, 1.807) is 0 Å². The minimum Gasteiger partial charge on any atom is -0.369 e. The Morgan fingerprint density at radius 1 is 1.23 bits per heavy atom. The van der Waals surface area contributed by atoms with Crippen molar-refractivity contribution in [2.24, 2.45) is 5.73 Å². The summed E-state index contributed by atoms with van der Waals surface area (Å²) in [6.45, 7) is 2.86. The summed E-state index contributed by atoms with van der Waals surface area (Å²) in [4.78, 5) is 24.1. The van der Waals surface area contributed by atoms with Gasteiger partial charge in [-0.2, -0.15) is 0 Å². The molecular formula is C17H21N5O2S2. The zero-order chi connectivity index (χ0) is 18.5. The Labute approximate surface area is 160 Å². The minimum atomic E-state index is -0.392. The summed E-state index contributed by atoms with van der Waals surface area (Å²) < 4.78 is 2.09. The van der Waals surface area contributed by atoms with Crippen LogP contribution < -0.4 is 11.1 Å². The third-order valence-corrected chi connectivity index (χ3v) is 5.93. The molecule has 0 atom stereocenters. The molecule has 3 N–H and O–H groups in total. The third-order valence-electron chi connectivity index (χ3n) is 3.87. The van der Waals surface area contributed by atoms with Gasteiger partial charge in [0, 0.05) is 17.4 Å². The molecule has 1 fully saturated rings. The fraction of sp³-hybridized carbons (Fsp3) is 0.412. The number of anilines is 1. The number of nitrogens with two attached hydrogens (primary N) is 1. The number of nitrogens with one attached hydrogen (secondary N) is 1. The van der Waals surface area contributed by atoms with Crippen molar-refractivity contribution in [1.82, 2.24) is 14.8 Å². The molecule has 0 saturated heterocycles. The maximum absolute atomic E-state index is 12.3. The van der Waals surface area contributed by atoms with Gasteiger partial charge in [-0.15, -0.1) is 22.0 Å². The topological polar surface area (TPSA) is 103 Å². The number of nitrogens with zero attached hydrogens (tertiary/aromatic N) is 3. The zero-order valence-corrected chi connectivity index (χ0v) is 16.1. The number of hydrogen-bond donors (Lipinski definition) is 2. The van der Waals surface area contributed by atoms with Crippen molar-refractivity contribution in [1.29, 1.82) is 0 Å². The van der Waals surface area contributed by atoms with Crippen molar-refractivity contribution in [3.05, 3.63) is 30.1 Å². The summed E-state index contributed by atoms with van der Waals surface area (Å²) in [5, 5.41) is 12.2. The Morgan fingerprint density at radius 3 is 2.69 bits per heavy atom. The normalized spacial score (nSPS) is 13.6. The fourth-order valence-electron chi connectivity index (χ4n) is 2.51. The van der Waals surface area contributed by atoms with Crippen LogP contribution in [0.25, 0.3) is 0 Å². The van der Waals surface area contributed by atoms with Gasteiger partial charge >= 0.3 is 0 Å². The Hall–Kier alpha value is -2.00. The van der Waals surface area contributed by atoms with Crippen molar-refractivity contribution in [2.75, 3.05) is 16.8 Å². The van der Waals surface area contributed by atoms with Crippen molar-refractivity contribution >= 4 is 41.0 Å². The van der Waals surface area contributed by atoms with Crippen LogP contribution in [0.1, 0.15) is 31.5 Å². The number of amides is 2. The van der Waals surface area contributed by atoms with E-state index >= 15 is 0 Å². The summed E-state index contributed by atoms with van der Waals surface area (Å²) in [6, 6.07) is 7.36. The van der Waals surface area contributed by atoms with E-state index in [4.69, 9.17) is 5.73 Å². The van der Waals surface area contributed by atoms with Crippen molar-refractivity contribution in [3.63, 3.8) is 0 Å². The summed E-state index contributed by atoms with van der Waals surface area (Å²) >= 11 is 2.69. The molecule has 0 radical (unpaired) electrons. The van der Waals surface area contributed by atoms with E-state index in [-0.39, 0.29) is 17.4 Å². The first-order valence-electron chi connectivity index (χ1n) is 8.44. The molecule has 0 aliphatic heterocycles. The summed E-state index contributed by atoms with van der Waals surface area (Å²) in [7, 11) is 0. The molecule has 0 spiro atoms. The number of hydrogen-bond acceptors (Lipinski definition) is 6. The van der Waals surface area contributed by atoms with Crippen LogP contribution in [0.3, 0.4) is 0 Å². The second-order valence-corrected chi connectivity index (χ2v) is 7.91. The van der Waals surface area contributed by atoms with Gasteiger partial charge in [0.2, 0.25) is 11.8 Å². The number of thioether (sulfide) groups is 2. The van der Waals surface area contributed by atoms with E-state index in [1.807, 2.05) is 24.3 Å². The fourth-order valence-corrected chi connectivity index (χ4v) is 4.07. The van der Waals surface area contributed by atoms with Crippen LogP contribution in [0.15, 0.2) is 34.3 Å². The standard InChI is InChI=1S/C17H21N5O2S2/c1-2-22-16(11-7-8-11)20-21-17(22)26-10-15(24)19-12-5-3-4-6-13(12)25-9-14(18)23/h3-6,11H,2,7-10H2,1H3,(H2,18,23)(H,19,24). The number of primary amides is 1. The zero-order valence-electron chi connectivity index (χ0n) is 14.5. The number of carbonyl (C=O) groups is 2. The molecule has 9 heteroatoms. The van der Waals surface area contributed by atoms with Gasteiger partial charge in [-0.25, -0.2) is 0 Å². The Morgan fingerprint density at radius 2 is 2.00 bits per heavy atom. The largest absolute Gasteiger partial charge is 0.369 e. The number of aromatic nitrogens is 3. The van der Waals surface area contributed by atoms with E-state index in [1.165, 1.54) is 36.4 Å². The highest BCUT2D eigenvalue weighted by Gasteiger charge is 2.30. The van der Waals surface area contributed by atoms with Crippen molar-refractivity contribution in [2.45, 2.75) is 42.3 Å². The van der Waals surface area contributed by atoms with Gasteiger partial charge in [0.15, 0.2) is 5.16 Å². The molecule has 7 nitrogen and oxygen atoms in total. The molecule has 0 unspecified atom stereocenters. The molecule has 1 heterocycles. The van der Waals surface area contributed by atoms with Gasteiger partial charge in [-0.1, -0.05) is 23.9 Å². The maximum atomic E-state index is 12.3. The number of carbonyl (C=O) groups excluding carboxylic acids is 2. The predicted molar refractivity (Wildman–Crippen MR) is 103 cm³/mol. The Bertz CT molecular complexity index is 804. The average Bonchev–Trinajstić information content (AvgIpc) is 3.39. The highest BCUT2D eigenvalue weighted by Crippen LogP contribution is 2.40. The van der Waals surface area contributed by atoms with Crippen LogP contribution >= 0.6 is 23.5 Å². The molecule has 2 amide bonds. The molecular weight excluding hydrogens is 370 g/mol. The SMILES string of the molecule is CCn1c(SCC(=O)Nc2ccccc2SCC(N)=O)nnc1C1CC1. The Balaban J connectivity index is 1.59. The first-order valence-corrected chi connectivity index (χ1v) is 10.4. The number of para-hydroxylation sites is 1. The lowest BCUT2D eigenvalue weighted by atomic mass is 10.3. The molecule has 1 saturated carbocycles. The molecule has 1 aliphatic carbocycles. The van der Waals surface area contributed by atoms with E-state index in [9.17, 15) is 9.59 Å². The van der Waals surface area contributed by atoms with Crippen LogP contribution in [0.5, 0.6) is 0 Å². The first-order chi connectivity index (χ1) is 12.6. The summed E-state index contributed by atoms with van der Waals surface area (Å²) in [6.07, 6.45) is 2.34. The predicted octanol–water partition coefficient (Wildman–Crippen LogP) is 2.48. The second kappa shape index (κ2) is 8.59. The average molecular weight is 392 g/mol. The third kappa shape index (κ3) is 4.79. The summed E-state index contributed by atoms with van der Waals surface area (Å²) in [5.74, 6) is 1.46. The molecule has 3 rings (SSSR count). The quantitative estimate of drug-likeness (QED) is 0.637. The van der Waals surface area contributed by atoms with Crippen molar-refractivity contribution in [3.8, 4) is 0 Å². The number of benzene rings is 1. The lowest BCUT2D eigenvalue weighted by Crippen LogP contribution is -2.16. The molecule has 1 aromatic carbocycles. The van der Waals surface area contributed by atoms with Crippen LogP contribution in [-0.2, 0) is 16.1 Å². The van der Waals surface area contributed by atoms with Crippen LogP contribution in [-0.4, -0.2) is 38.1 Å². The molecule has 138 valence electrons. The van der Waals surface area contributed by atoms with Gasteiger partial charge in [0.25, 0.3) is 0 Å². The Kier molecular flexibility index (Phi) is 6.20. The van der Waals surface area contributed by atoms with Gasteiger partial charge in [0.1, 0.15) is 5.82 Å². The van der Waals surface area contributed by atoms with Crippen molar-refractivity contribution < 1.29 is 9.59 Å². The monoisotopic (exact) mass is 391 g/mol. The van der Waals surface area contributed by atoms with Gasteiger partial charge in [-0.05, 0) is 31.9 Å². The lowest BCUT2D eigenvalue weighted by Gasteiger charge is -2.10. The van der Waals surface area contributed by atoms with Crippen LogP contribution in [0, 0.1) is 0 Å². The molecule has 0 bridgehead atoms. The molecule has 26 heavy (non-hydrogen) atoms. The lowest BCUT2D eigenvalue weighted by molar-refractivity contribution is -0.115. The molecule has 2 aromatic rings. The smallest absolute Gasteiger partial charge is 0.234 e. The van der Waals surface area contributed by atoms with E-state index in [0.717, 1.165) is 22.4 Å². The molecule has 1 aliphatic rings. The number of rotatable bonds is 9. The highest BCUT2D eigenvalue weighted by atomic mass is 32.2. The minimum absolute atomic E-state index is 0.124. The van der Waals surface area contributed by atoms with E-state index < -0.39 is 5.91 Å². The second-order valence-electron chi connectivity index (χ2n) is 5.95. The van der Waals surface area contributed by atoms with E-state index in [2.05, 4.69) is 27.0 Å². The van der Waals surface area contributed by atoms with E-state index in [0.29, 0.717) is 11.6 Å². The van der Waals surface area contributed by atoms with Gasteiger partial charge in [0.05, 0.1) is 17.2 Å². The van der Waals surface area contributed by atoms with Gasteiger partial charge in [-0.3, -0.25) is 9.59 Å². The maximum Gasteiger partial charge on any atom is 0.234 e. The first kappa shape index (κ1) is 18.8. The highest BCUT2D eigenvalue weighted by molar-refractivity contribution is 8.00. The molecule has 1 aromatic heterocycles. The van der Waals surface area contributed by atoms with Crippen LogP contribution in [0.4, 0.5) is 5.69 Å². The summed E-state index contributed by atoms with van der Waals surface area (Å²) in [5.41, 5.74) is 5.87. The van der Waals surface area contributed by atoms with Gasteiger partial charge < -0.3 is 15.6 Å².